The number of hydrogen-bond acceptors (Lipinski definition) is 2. The third kappa shape index (κ3) is 1.99. The summed E-state index contributed by atoms with van der Waals surface area (Å²) in [6.07, 6.45) is 1.66. The van der Waals surface area contributed by atoms with Crippen LogP contribution in [0.3, 0.4) is 0 Å². The minimum atomic E-state index is -0.254. The van der Waals surface area contributed by atoms with Crippen molar-refractivity contribution < 1.29 is 4.39 Å². The molecule has 0 bridgehead atoms. The molecule has 0 saturated carbocycles. The van der Waals surface area contributed by atoms with E-state index in [9.17, 15) is 4.39 Å². The quantitative estimate of drug-likeness (QED) is 0.695. The standard InChI is InChI=1S/C9H11FN2/c1-12-6-9(11)7-2-4-8(10)5-3-7/h2-6,12H,11H2,1H3/b9-6-. The molecule has 64 valence electrons. The molecule has 0 aliphatic carbocycles. The first-order chi connectivity index (χ1) is 5.74. The summed E-state index contributed by atoms with van der Waals surface area (Å²) >= 11 is 0. The molecule has 0 unspecified atom stereocenters. The zero-order chi connectivity index (χ0) is 8.97. The van der Waals surface area contributed by atoms with Gasteiger partial charge in [0.1, 0.15) is 5.82 Å². The highest BCUT2D eigenvalue weighted by Crippen LogP contribution is 2.08. The normalized spacial score (nSPS) is 11.3. The minimum absolute atomic E-state index is 0.254. The summed E-state index contributed by atoms with van der Waals surface area (Å²) in [5.41, 5.74) is 7.04. The van der Waals surface area contributed by atoms with Crippen molar-refractivity contribution in [3.63, 3.8) is 0 Å². The van der Waals surface area contributed by atoms with Crippen LogP contribution in [0.5, 0.6) is 0 Å². The van der Waals surface area contributed by atoms with Gasteiger partial charge in [0.05, 0.1) is 5.70 Å². The van der Waals surface area contributed by atoms with E-state index in [2.05, 4.69) is 5.32 Å². The first kappa shape index (κ1) is 8.59. The Kier molecular flexibility index (Phi) is 2.69. The predicted octanol–water partition coefficient (Wildman–Crippen LogP) is 1.30. The molecule has 0 radical (unpaired) electrons. The van der Waals surface area contributed by atoms with E-state index in [1.165, 1.54) is 12.1 Å². The largest absolute Gasteiger partial charge is 0.397 e. The van der Waals surface area contributed by atoms with E-state index < -0.39 is 0 Å². The maximum atomic E-state index is 12.5. The first-order valence-electron chi connectivity index (χ1n) is 3.63. The summed E-state index contributed by atoms with van der Waals surface area (Å²) < 4.78 is 12.5. The number of rotatable bonds is 2. The van der Waals surface area contributed by atoms with Gasteiger partial charge in [0.25, 0.3) is 0 Å². The van der Waals surface area contributed by atoms with Gasteiger partial charge in [-0.1, -0.05) is 0 Å². The first-order valence-corrected chi connectivity index (χ1v) is 3.63. The van der Waals surface area contributed by atoms with Crippen LogP contribution in [0.25, 0.3) is 5.70 Å². The highest BCUT2D eigenvalue weighted by atomic mass is 19.1. The van der Waals surface area contributed by atoms with Crippen LogP contribution in [-0.2, 0) is 0 Å². The third-order valence-corrected chi connectivity index (χ3v) is 1.48. The van der Waals surface area contributed by atoms with Crippen LogP contribution in [0, 0.1) is 5.82 Å². The van der Waals surface area contributed by atoms with Gasteiger partial charge < -0.3 is 11.1 Å². The molecular formula is C9H11FN2. The zero-order valence-electron chi connectivity index (χ0n) is 6.84. The van der Waals surface area contributed by atoms with Crippen molar-refractivity contribution in [3.05, 3.63) is 41.8 Å². The highest BCUT2D eigenvalue weighted by molar-refractivity contribution is 5.61. The maximum Gasteiger partial charge on any atom is 0.123 e. The van der Waals surface area contributed by atoms with E-state index in [4.69, 9.17) is 5.73 Å². The molecular weight excluding hydrogens is 155 g/mol. The fraction of sp³-hybridized carbons (Fsp3) is 0.111. The second-order valence-corrected chi connectivity index (χ2v) is 2.40. The summed E-state index contributed by atoms with van der Waals surface area (Å²) in [6.45, 7) is 0. The predicted molar refractivity (Wildman–Crippen MR) is 47.6 cm³/mol. The lowest BCUT2D eigenvalue weighted by Gasteiger charge is -2.00. The van der Waals surface area contributed by atoms with Gasteiger partial charge in [0.2, 0.25) is 0 Å². The van der Waals surface area contributed by atoms with E-state index in [1.54, 1.807) is 25.4 Å². The van der Waals surface area contributed by atoms with Gasteiger partial charge in [0, 0.05) is 13.2 Å². The van der Waals surface area contributed by atoms with Crippen LogP contribution in [0.15, 0.2) is 30.5 Å². The Morgan fingerprint density at radius 3 is 2.50 bits per heavy atom. The van der Waals surface area contributed by atoms with Gasteiger partial charge in [-0.2, -0.15) is 0 Å². The van der Waals surface area contributed by atoms with Gasteiger partial charge >= 0.3 is 0 Å². The summed E-state index contributed by atoms with van der Waals surface area (Å²) in [5.74, 6) is -0.254. The molecule has 2 nitrogen and oxygen atoms in total. The molecule has 0 spiro atoms. The zero-order valence-corrected chi connectivity index (χ0v) is 6.84. The molecule has 0 fully saturated rings. The van der Waals surface area contributed by atoms with Crippen molar-refractivity contribution in [1.82, 2.24) is 5.32 Å². The van der Waals surface area contributed by atoms with Crippen molar-refractivity contribution >= 4 is 5.70 Å². The Morgan fingerprint density at radius 1 is 1.42 bits per heavy atom. The lowest BCUT2D eigenvalue weighted by molar-refractivity contribution is 0.627. The maximum absolute atomic E-state index is 12.5. The molecule has 0 aliphatic rings. The van der Waals surface area contributed by atoms with E-state index in [0.717, 1.165) is 5.56 Å². The van der Waals surface area contributed by atoms with Crippen molar-refractivity contribution in [2.45, 2.75) is 0 Å². The van der Waals surface area contributed by atoms with Gasteiger partial charge in [-0.3, -0.25) is 0 Å². The Labute approximate surface area is 70.9 Å². The van der Waals surface area contributed by atoms with Gasteiger partial charge in [-0.05, 0) is 29.8 Å². The summed E-state index contributed by atoms with van der Waals surface area (Å²) in [6, 6.07) is 6.04. The van der Waals surface area contributed by atoms with Crippen molar-refractivity contribution in [2.24, 2.45) is 5.73 Å². The van der Waals surface area contributed by atoms with Crippen molar-refractivity contribution in [1.29, 1.82) is 0 Å². The molecule has 3 heteroatoms. The van der Waals surface area contributed by atoms with Crippen molar-refractivity contribution in [2.75, 3.05) is 7.05 Å². The molecule has 12 heavy (non-hydrogen) atoms. The molecule has 0 heterocycles. The Balaban J connectivity index is 2.89. The Bertz CT molecular complexity index is 277. The van der Waals surface area contributed by atoms with E-state index in [0.29, 0.717) is 5.70 Å². The Morgan fingerprint density at radius 2 is 2.00 bits per heavy atom. The summed E-state index contributed by atoms with van der Waals surface area (Å²) in [5, 5.41) is 2.80. The van der Waals surface area contributed by atoms with Gasteiger partial charge in [-0.25, -0.2) is 4.39 Å². The summed E-state index contributed by atoms with van der Waals surface area (Å²) in [7, 11) is 1.76. The lowest BCUT2D eigenvalue weighted by Crippen LogP contribution is -2.02. The SMILES string of the molecule is CN/C=C(\N)c1ccc(F)cc1. The molecule has 1 aromatic rings. The highest BCUT2D eigenvalue weighted by Gasteiger charge is 1.95. The van der Waals surface area contributed by atoms with E-state index in [1.807, 2.05) is 0 Å². The molecule has 1 rings (SSSR count). The number of nitrogens with one attached hydrogen (secondary N) is 1. The monoisotopic (exact) mass is 166 g/mol. The average molecular weight is 166 g/mol. The smallest absolute Gasteiger partial charge is 0.123 e. The number of halogens is 1. The van der Waals surface area contributed by atoms with Crippen LogP contribution in [0.2, 0.25) is 0 Å². The van der Waals surface area contributed by atoms with Crippen LogP contribution in [0.4, 0.5) is 4.39 Å². The van der Waals surface area contributed by atoms with E-state index in [-0.39, 0.29) is 5.82 Å². The topological polar surface area (TPSA) is 38.0 Å². The fourth-order valence-corrected chi connectivity index (χ4v) is 0.881. The number of nitrogens with two attached hydrogens (primary N) is 1. The second kappa shape index (κ2) is 3.76. The van der Waals surface area contributed by atoms with Gasteiger partial charge in [-0.15, -0.1) is 0 Å². The molecule has 1 aromatic carbocycles. The lowest BCUT2D eigenvalue weighted by atomic mass is 10.2. The second-order valence-electron chi connectivity index (χ2n) is 2.40. The average Bonchev–Trinajstić information content (AvgIpc) is 2.06. The molecule has 0 aliphatic heterocycles. The molecule has 0 atom stereocenters. The molecule has 0 saturated heterocycles. The number of hydrogen-bond donors (Lipinski definition) is 2. The van der Waals surface area contributed by atoms with Crippen molar-refractivity contribution in [3.8, 4) is 0 Å². The van der Waals surface area contributed by atoms with E-state index >= 15 is 0 Å². The fourth-order valence-electron chi connectivity index (χ4n) is 0.881. The minimum Gasteiger partial charge on any atom is -0.397 e. The molecule has 0 aromatic heterocycles. The molecule has 3 N–H and O–H groups in total. The molecule has 0 amide bonds. The van der Waals surface area contributed by atoms with Crippen LogP contribution in [0.1, 0.15) is 5.56 Å². The summed E-state index contributed by atoms with van der Waals surface area (Å²) in [4.78, 5) is 0. The van der Waals surface area contributed by atoms with Gasteiger partial charge in [0.15, 0.2) is 0 Å². The Hall–Kier alpha value is -1.51. The van der Waals surface area contributed by atoms with Crippen LogP contribution in [-0.4, -0.2) is 7.05 Å². The van der Waals surface area contributed by atoms with Crippen LogP contribution < -0.4 is 11.1 Å². The number of benzene rings is 1. The van der Waals surface area contributed by atoms with Crippen LogP contribution >= 0.6 is 0 Å². The third-order valence-electron chi connectivity index (χ3n) is 1.48.